The lowest BCUT2D eigenvalue weighted by Gasteiger charge is -2.10. The first-order valence-corrected chi connectivity index (χ1v) is 12.8. The van der Waals surface area contributed by atoms with Crippen molar-refractivity contribution in [2.45, 2.75) is 6.54 Å². The Bertz CT molecular complexity index is 1980. The van der Waals surface area contributed by atoms with Crippen molar-refractivity contribution in [2.75, 3.05) is 0 Å². The monoisotopic (exact) mass is 487 g/mol. The molecule has 2 nitrogen and oxygen atoms in total. The fraction of sp³-hybridized carbons (Fsp3) is 0.0278. The molecule has 0 bridgehead atoms. The molecule has 1 aromatic heterocycles. The number of hydrogen-bond donors (Lipinski definition) is 0. The molecule has 7 rings (SSSR count). The van der Waals surface area contributed by atoms with Gasteiger partial charge in [-0.25, -0.2) is 0 Å². The Kier molecular flexibility index (Phi) is 5.37. The lowest BCUT2D eigenvalue weighted by molar-refractivity contribution is 0.669. The van der Waals surface area contributed by atoms with E-state index < -0.39 is 0 Å². The molecule has 180 valence electrons. The Morgan fingerprint density at radius 1 is 0.526 bits per heavy atom. The molecule has 2 heteroatoms. The maximum absolute atomic E-state index is 6.32. The van der Waals surface area contributed by atoms with Gasteiger partial charge in [0.15, 0.2) is 0 Å². The second-order valence-electron chi connectivity index (χ2n) is 9.72. The zero-order valence-electron chi connectivity index (χ0n) is 20.9. The molecule has 0 fully saturated rings. The van der Waals surface area contributed by atoms with Gasteiger partial charge in [-0.3, -0.25) is 4.99 Å². The lowest BCUT2D eigenvalue weighted by Crippen LogP contribution is -1.86. The van der Waals surface area contributed by atoms with Crippen LogP contribution in [0.2, 0.25) is 0 Å². The van der Waals surface area contributed by atoms with E-state index in [0.29, 0.717) is 6.54 Å². The van der Waals surface area contributed by atoms with Gasteiger partial charge in [0, 0.05) is 10.8 Å². The van der Waals surface area contributed by atoms with Gasteiger partial charge in [0.1, 0.15) is 11.2 Å². The fourth-order valence-corrected chi connectivity index (χ4v) is 5.48. The zero-order valence-corrected chi connectivity index (χ0v) is 20.9. The van der Waals surface area contributed by atoms with Crippen molar-refractivity contribution in [3.63, 3.8) is 0 Å². The van der Waals surface area contributed by atoms with Crippen LogP contribution >= 0.6 is 0 Å². The van der Waals surface area contributed by atoms with E-state index in [9.17, 15) is 0 Å². The summed E-state index contributed by atoms with van der Waals surface area (Å²) in [5.41, 5.74) is 10.1. The average Bonchev–Trinajstić information content (AvgIpc) is 3.34. The van der Waals surface area contributed by atoms with Crippen molar-refractivity contribution in [1.82, 2.24) is 0 Å². The normalized spacial score (nSPS) is 11.4. The first-order chi connectivity index (χ1) is 18.8. The minimum atomic E-state index is 0.625. The van der Waals surface area contributed by atoms with Crippen molar-refractivity contribution in [1.29, 1.82) is 0 Å². The minimum absolute atomic E-state index is 0.625. The molecule has 6 aromatic carbocycles. The Morgan fingerprint density at radius 3 is 1.87 bits per heavy atom. The third kappa shape index (κ3) is 3.88. The van der Waals surface area contributed by atoms with E-state index in [4.69, 9.17) is 4.42 Å². The van der Waals surface area contributed by atoms with Crippen LogP contribution in [0.15, 0.2) is 137 Å². The molecule has 7 aromatic rings. The summed E-state index contributed by atoms with van der Waals surface area (Å²) in [6, 6.07) is 45.2. The molecule has 0 atom stereocenters. The third-order valence-electron chi connectivity index (χ3n) is 7.29. The second kappa shape index (κ2) is 9.17. The smallest absolute Gasteiger partial charge is 0.136 e. The number of furan rings is 1. The average molecular weight is 488 g/mol. The van der Waals surface area contributed by atoms with Crippen LogP contribution in [-0.2, 0) is 6.54 Å². The van der Waals surface area contributed by atoms with E-state index in [2.05, 4.69) is 139 Å². The van der Waals surface area contributed by atoms with Gasteiger partial charge < -0.3 is 4.42 Å². The van der Waals surface area contributed by atoms with Gasteiger partial charge in [0.2, 0.25) is 0 Å². The summed E-state index contributed by atoms with van der Waals surface area (Å²) in [4.78, 5) is 4.04. The maximum atomic E-state index is 6.32. The van der Waals surface area contributed by atoms with Crippen LogP contribution in [0.3, 0.4) is 0 Å². The molecule has 0 aliphatic heterocycles. The van der Waals surface area contributed by atoms with E-state index >= 15 is 0 Å². The molecule has 0 radical (unpaired) electrons. The summed E-state index contributed by atoms with van der Waals surface area (Å²) in [5.74, 6) is 0. The summed E-state index contributed by atoms with van der Waals surface area (Å²) < 4.78 is 6.32. The SMILES string of the molecule is C=NCc1cccc(-c2cccc(-c3cccc(-c4cccc5oc6cc7ccccc7cc6c45)c3)c2)c1. The highest BCUT2D eigenvalue weighted by molar-refractivity contribution is 6.15. The van der Waals surface area contributed by atoms with E-state index in [1.165, 1.54) is 44.2 Å². The minimum Gasteiger partial charge on any atom is -0.456 e. The molecule has 0 saturated carbocycles. The lowest BCUT2D eigenvalue weighted by atomic mass is 9.94. The first kappa shape index (κ1) is 22.3. The molecule has 38 heavy (non-hydrogen) atoms. The number of rotatable bonds is 5. The molecule has 0 aliphatic carbocycles. The Morgan fingerprint density at radius 2 is 1.13 bits per heavy atom. The highest BCUT2D eigenvalue weighted by Crippen LogP contribution is 2.39. The molecular weight excluding hydrogens is 462 g/mol. The van der Waals surface area contributed by atoms with Crippen LogP contribution in [0.1, 0.15) is 5.56 Å². The molecule has 0 N–H and O–H groups in total. The summed E-state index contributed by atoms with van der Waals surface area (Å²) >= 11 is 0. The largest absolute Gasteiger partial charge is 0.456 e. The van der Waals surface area contributed by atoms with Crippen LogP contribution in [0.5, 0.6) is 0 Å². The van der Waals surface area contributed by atoms with Crippen molar-refractivity contribution in [3.8, 4) is 33.4 Å². The number of nitrogens with zero attached hydrogens (tertiary/aromatic N) is 1. The molecule has 0 spiro atoms. The van der Waals surface area contributed by atoms with Crippen LogP contribution in [0, 0.1) is 0 Å². The summed E-state index contributed by atoms with van der Waals surface area (Å²) in [6.07, 6.45) is 0. The Hall–Kier alpha value is -4.95. The fourth-order valence-electron chi connectivity index (χ4n) is 5.48. The van der Waals surface area contributed by atoms with Gasteiger partial charge in [-0.15, -0.1) is 0 Å². The third-order valence-corrected chi connectivity index (χ3v) is 7.29. The molecular formula is C36H25NO. The van der Waals surface area contributed by atoms with E-state index in [0.717, 1.165) is 27.5 Å². The van der Waals surface area contributed by atoms with Gasteiger partial charge in [-0.05, 0) is 92.8 Å². The van der Waals surface area contributed by atoms with Crippen molar-refractivity contribution < 1.29 is 4.42 Å². The van der Waals surface area contributed by atoms with Gasteiger partial charge in [-0.2, -0.15) is 0 Å². The van der Waals surface area contributed by atoms with Gasteiger partial charge >= 0.3 is 0 Å². The summed E-state index contributed by atoms with van der Waals surface area (Å²) in [7, 11) is 0. The van der Waals surface area contributed by atoms with Crippen LogP contribution in [0.25, 0.3) is 66.1 Å². The topological polar surface area (TPSA) is 25.5 Å². The summed E-state index contributed by atoms with van der Waals surface area (Å²) in [5, 5.41) is 4.71. The Balaban J connectivity index is 1.34. The number of fused-ring (bicyclic) bond motifs is 4. The zero-order chi connectivity index (χ0) is 25.5. The highest BCUT2D eigenvalue weighted by atomic mass is 16.3. The molecule has 0 saturated heterocycles. The maximum Gasteiger partial charge on any atom is 0.136 e. The van der Waals surface area contributed by atoms with Crippen molar-refractivity contribution in [2.24, 2.45) is 4.99 Å². The highest BCUT2D eigenvalue weighted by Gasteiger charge is 2.14. The van der Waals surface area contributed by atoms with E-state index in [-0.39, 0.29) is 0 Å². The second-order valence-corrected chi connectivity index (χ2v) is 9.72. The number of benzene rings is 6. The van der Waals surface area contributed by atoms with Crippen LogP contribution in [-0.4, -0.2) is 6.72 Å². The molecule has 0 aliphatic rings. The van der Waals surface area contributed by atoms with Gasteiger partial charge in [0.25, 0.3) is 0 Å². The number of hydrogen-bond acceptors (Lipinski definition) is 2. The van der Waals surface area contributed by atoms with Crippen molar-refractivity contribution >= 4 is 39.4 Å². The van der Waals surface area contributed by atoms with E-state index in [1.807, 2.05) is 0 Å². The van der Waals surface area contributed by atoms with E-state index in [1.54, 1.807) is 0 Å². The molecule has 1 heterocycles. The molecule has 0 unspecified atom stereocenters. The van der Waals surface area contributed by atoms with Crippen LogP contribution < -0.4 is 0 Å². The quantitative estimate of drug-likeness (QED) is 0.222. The predicted molar refractivity (Wildman–Crippen MR) is 161 cm³/mol. The van der Waals surface area contributed by atoms with Gasteiger partial charge in [-0.1, -0.05) is 91.0 Å². The van der Waals surface area contributed by atoms with Crippen molar-refractivity contribution in [3.05, 3.63) is 133 Å². The summed E-state index contributed by atoms with van der Waals surface area (Å²) in [6.45, 7) is 4.26. The standard InChI is InChI=1S/C36H25NO/c1-37-23-24-8-4-11-25(18-24)26-12-5-13-27(19-26)28-14-6-15-31(20-28)32-16-7-17-34-36(32)33-21-29-9-2-3-10-30(29)22-35(33)38-34/h2-22H,1,23H2. The first-order valence-electron chi connectivity index (χ1n) is 12.8. The van der Waals surface area contributed by atoms with Gasteiger partial charge in [0.05, 0.1) is 6.54 Å². The molecule has 0 amide bonds. The van der Waals surface area contributed by atoms with Crippen LogP contribution in [0.4, 0.5) is 0 Å². The Labute approximate surface area is 221 Å². The predicted octanol–water partition coefficient (Wildman–Crippen LogP) is 9.94. The number of aliphatic imine (C=N–C) groups is 1.